The zero-order valence-corrected chi connectivity index (χ0v) is 21.5. The summed E-state index contributed by atoms with van der Waals surface area (Å²) < 4.78 is 12.4. The van der Waals surface area contributed by atoms with Crippen molar-refractivity contribution in [2.75, 3.05) is 11.9 Å². The Bertz CT molecular complexity index is 1490. The summed E-state index contributed by atoms with van der Waals surface area (Å²) in [5.41, 5.74) is 3.18. The molecular formula is C27H23BrN2O4S. The van der Waals surface area contributed by atoms with Gasteiger partial charge in [-0.2, -0.15) is 0 Å². The molecule has 0 bridgehead atoms. The summed E-state index contributed by atoms with van der Waals surface area (Å²) in [7, 11) is 0. The van der Waals surface area contributed by atoms with Crippen molar-refractivity contribution in [1.29, 1.82) is 0 Å². The standard InChI is InChI=1S/C27H23BrN2O4S/c1-2-33-27(32)23-19-10-6-7-11-22(19)35-26(23)30-25-20(24(31)29-18-8-4-3-5-9-18)15-16-14-17(28)12-13-21(16)34-25/h3-5,8-9,12-15H,2,6-7,10-11H2,1H3,(H,29,31)/b30-25-. The third-order valence-corrected chi connectivity index (χ3v) is 7.50. The molecule has 1 amide bonds. The molecule has 8 heteroatoms. The largest absolute Gasteiger partial charge is 0.462 e. The van der Waals surface area contributed by atoms with Gasteiger partial charge in [-0.25, -0.2) is 9.79 Å². The fraction of sp³-hybridized carbons (Fsp3) is 0.222. The highest BCUT2D eigenvalue weighted by atomic mass is 79.9. The maximum atomic E-state index is 13.3. The molecule has 0 fully saturated rings. The van der Waals surface area contributed by atoms with Crippen LogP contribution in [-0.4, -0.2) is 18.5 Å². The van der Waals surface area contributed by atoms with Crippen LogP contribution in [0.15, 0.2) is 68.5 Å². The van der Waals surface area contributed by atoms with Gasteiger partial charge in [-0.15, -0.1) is 11.3 Å². The van der Waals surface area contributed by atoms with Crippen LogP contribution >= 0.6 is 27.3 Å². The van der Waals surface area contributed by atoms with Gasteiger partial charge in [0.15, 0.2) is 0 Å². The number of carbonyl (C=O) groups excluding carboxylic acids is 2. The molecule has 2 aromatic heterocycles. The van der Waals surface area contributed by atoms with Gasteiger partial charge in [-0.3, -0.25) is 4.79 Å². The van der Waals surface area contributed by atoms with E-state index in [0.29, 0.717) is 21.8 Å². The number of ether oxygens (including phenoxy) is 1. The maximum absolute atomic E-state index is 13.3. The summed E-state index contributed by atoms with van der Waals surface area (Å²) in [4.78, 5) is 32.2. The van der Waals surface area contributed by atoms with Crippen LogP contribution < -0.4 is 10.9 Å². The van der Waals surface area contributed by atoms with Gasteiger partial charge in [0.05, 0.1) is 12.2 Å². The maximum Gasteiger partial charge on any atom is 0.341 e. The van der Waals surface area contributed by atoms with E-state index in [1.54, 1.807) is 13.0 Å². The van der Waals surface area contributed by atoms with Gasteiger partial charge in [0.2, 0.25) is 5.55 Å². The fourth-order valence-electron chi connectivity index (χ4n) is 4.20. The Morgan fingerprint density at radius 2 is 1.91 bits per heavy atom. The molecule has 1 aliphatic carbocycles. The molecule has 0 spiro atoms. The van der Waals surface area contributed by atoms with Crippen LogP contribution in [-0.2, 0) is 17.6 Å². The Morgan fingerprint density at radius 1 is 1.11 bits per heavy atom. The number of nitrogens with zero attached hydrogens (tertiary/aromatic N) is 1. The number of carbonyl (C=O) groups is 2. The molecule has 35 heavy (non-hydrogen) atoms. The second kappa shape index (κ2) is 10.2. The van der Waals surface area contributed by atoms with Crippen molar-refractivity contribution < 1.29 is 18.7 Å². The Labute approximate surface area is 214 Å². The Morgan fingerprint density at radius 3 is 2.71 bits per heavy atom. The van der Waals surface area contributed by atoms with Crippen molar-refractivity contribution in [3.63, 3.8) is 0 Å². The average molecular weight is 551 g/mol. The molecule has 0 unspecified atom stereocenters. The monoisotopic (exact) mass is 550 g/mol. The van der Waals surface area contributed by atoms with Crippen LogP contribution in [0.3, 0.4) is 0 Å². The first-order valence-corrected chi connectivity index (χ1v) is 13.1. The lowest BCUT2D eigenvalue weighted by Gasteiger charge is -2.11. The SMILES string of the molecule is CCOC(=O)c1c(/N=c2\oc3ccc(Br)cc3cc2C(=O)Nc2ccccc2)sc2c1CCCC2. The molecule has 6 nitrogen and oxygen atoms in total. The first-order valence-electron chi connectivity index (χ1n) is 11.5. The molecule has 1 aliphatic rings. The molecular weight excluding hydrogens is 528 g/mol. The quantitative estimate of drug-likeness (QED) is 0.277. The van der Waals surface area contributed by atoms with E-state index in [1.165, 1.54) is 11.3 Å². The smallest absolute Gasteiger partial charge is 0.341 e. The van der Waals surface area contributed by atoms with Crippen molar-refractivity contribution >= 4 is 60.8 Å². The summed E-state index contributed by atoms with van der Waals surface area (Å²) in [6.07, 6.45) is 3.83. The van der Waals surface area contributed by atoms with E-state index in [4.69, 9.17) is 14.1 Å². The predicted octanol–water partition coefficient (Wildman–Crippen LogP) is 6.80. The number of aryl methyl sites for hydroxylation is 1. The number of rotatable bonds is 5. The minimum atomic E-state index is -0.384. The molecule has 0 radical (unpaired) electrons. The first-order chi connectivity index (χ1) is 17.0. The van der Waals surface area contributed by atoms with E-state index < -0.39 is 0 Å². The molecule has 4 aromatic rings. The molecule has 0 saturated heterocycles. The van der Waals surface area contributed by atoms with E-state index in [0.717, 1.165) is 46.0 Å². The van der Waals surface area contributed by atoms with Crippen LogP contribution in [0.25, 0.3) is 11.0 Å². The number of anilines is 1. The van der Waals surface area contributed by atoms with Crippen molar-refractivity contribution in [2.24, 2.45) is 4.99 Å². The van der Waals surface area contributed by atoms with Gasteiger partial charge in [-0.1, -0.05) is 34.1 Å². The zero-order valence-electron chi connectivity index (χ0n) is 19.1. The molecule has 1 N–H and O–H groups in total. The van der Waals surface area contributed by atoms with E-state index >= 15 is 0 Å². The fourth-order valence-corrected chi connectivity index (χ4v) is 5.83. The van der Waals surface area contributed by atoms with Gasteiger partial charge in [0.1, 0.15) is 16.1 Å². The summed E-state index contributed by atoms with van der Waals surface area (Å²) >= 11 is 4.95. The number of nitrogens with one attached hydrogen (secondary N) is 1. The van der Waals surface area contributed by atoms with Crippen molar-refractivity contribution in [2.45, 2.75) is 32.6 Å². The summed E-state index contributed by atoms with van der Waals surface area (Å²) in [5.74, 6) is -0.731. The minimum Gasteiger partial charge on any atom is -0.462 e. The van der Waals surface area contributed by atoms with E-state index in [-0.39, 0.29) is 29.6 Å². The summed E-state index contributed by atoms with van der Waals surface area (Å²) in [5, 5.41) is 4.19. The number of para-hydroxylation sites is 1. The van der Waals surface area contributed by atoms with Crippen LogP contribution in [0.5, 0.6) is 0 Å². The lowest BCUT2D eigenvalue weighted by atomic mass is 9.95. The molecule has 2 heterocycles. The molecule has 0 aliphatic heterocycles. The van der Waals surface area contributed by atoms with Gasteiger partial charge in [0.25, 0.3) is 5.91 Å². The number of fused-ring (bicyclic) bond motifs is 2. The highest BCUT2D eigenvalue weighted by molar-refractivity contribution is 9.10. The number of amides is 1. The Balaban J connectivity index is 1.69. The Hall–Kier alpha value is -3.23. The number of thiophene rings is 1. The molecule has 178 valence electrons. The van der Waals surface area contributed by atoms with Gasteiger partial charge in [-0.05, 0) is 74.6 Å². The highest BCUT2D eigenvalue weighted by Gasteiger charge is 2.27. The van der Waals surface area contributed by atoms with Crippen LogP contribution in [0.1, 0.15) is 50.9 Å². The van der Waals surface area contributed by atoms with Gasteiger partial charge >= 0.3 is 5.97 Å². The number of esters is 1. The highest BCUT2D eigenvalue weighted by Crippen LogP contribution is 2.40. The summed E-state index contributed by atoms with van der Waals surface area (Å²) in [6.45, 7) is 2.07. The number of hydrogen-bond acceptors (Lipinski definition) is 6. The average Bonchev–Trinajstić information content (AvgIpc) is 3.22. The number of halogens is 1. The van der Waals surface area contributed by atoms with Crippen molar-refractivity contribution in [1.82, 2.24) is 0 Å². The topological polar surface area (TPSA) is 80.9 Å². The summed E-state index contributed by atoms with van der Waals surface area (Å²) in [6, 6.07) is 16.6. The normalized spacial score (nSPS) is 13.5. The van der Waals surface area contributed by atoms with Crippen LogP contribution in [0.2, 0.25) is 0 Å². The molecule has 0 saturated carbocycles. The lowest BCUT2D eigenvalue weighted by Crippen LogP contribution is -2.21. The van der Waals surface area contributed by atoms with Crippen molar-refractivity contribution in [3.05, 3.63) is 86.2 Å². The molecule has 2 aromatic carbocycles. The molecule has 5 rings (SSSR count). The third kappa shape index (κ3) is 4.94. The zero-order chi connectivity index (χ0) is 24.4. The van der Waals surface area contributed by atoms with E-state index in [1.807, 2.05) is 48.5 Å². The predicted molar refractivity (Wildman–Crippen MR) is 140 cm³/mol. The third-order valence-electron chi connectivity index (χ3n) is 5.82. The Kier molecular flexibility index (Phi) is 6.83. The van der Waals surface area contributed by atoms with Crippen LogP contribution in [0, 0.1) is 0 Å². The number of benzene rings is 2. The van der Waals surface area contributed by atoms with Crippen molar-refractivity contribution in [3.8, 4) is 0 Å². The van der Waals surface area contributed by atoms with Crippen LogP contribution in [0.4, 0.5) is 10.7 Å². The van der Waals surface area contributed by atoms with Gasteiger partial charge in [0, 0.05) is 20.4 Å². The van der Waals surface area contributed by atoms with E-state index in [9.17, 15) is 9.59 Å². The first kappa shape index (κ1) is 23.5. The second-order valence-corrected chi connectivity index (χ2v) is 10.2. The number of hydrogen-bond donors (Lipinski definition) is 1. The lowest BCUT2D eigenvalue weighted by molar-refractivity contribution is 0.0526. The second-order valence-electron chi connectivity index (χ2n) is 8.19. The minimum absolute atomic E-state index is 0.150. The molecule has 0 atom stereocenters. The van der Waals surface area contributed by atoms with Gasteiger partial charge < -0.3 is 14.5 Å². The van der Waals surface area contributed by atoms with E-state index in [2.05, 4.69) is 21.2 Å².